The maximum absolute atomic E-state index is 13.1. The minimum Gasteiger partial charge on any atom is -0.459 e. The number of anilines is 2. The summed E-state index contributed by atoms with van der Waals surface area (Å²) in [6.45, 7) is 0. The van der Waals surface area contributed by atoms with E-state index in [9.17, 15) is 9.59 Å². The highest BCUT2D eigenvalue weighted by atomic mass is 32.2. The molecule has 3 aromatic carbocycles. The lowest BCUT2D eigenvalue weighted by Crippen LogP contribution is -2.19. The number of furan rings is 1. The number of para-hydroxylation sites is 1. The van der Waals surface area contributed by atoms with Crippen molar-refractivity contribution in [3.63, 3.8) is 0 Å². The molecule has 0 aliphatic carbocycles. The van der Waals surface area contributed by atoms with Crippen molar-refractivity contribution in [3.8, 4) is 0 Å². The van der Waals surface area contributed by atoms with Crippen molar-refractivity contribution in [2.45, 2.75) is 10.1 Å². The second-order valence-corrected chi connectivity index (χ2v) is 7.90. The SMILES string of the molecule is O=C(Nc1cccc(SC(C(=O)Nc2ccccc2)c2ccccc2)c1)c1ccco1. The van der Waals surface area contributed by atoms with E-state index in [1.807, 2.05) is 78.9 Å². The number of rotatable bonds is 7. The van der Waals surface area contributed by atoms with Gasteiger partial charge in [0.1, 0.15) is 5.25 Å². The Morgan fingerprint density at radius 3 is 2.16 bits per heavy atom. The van der Waals surface area contributed by atoms with Gasteiger partial charge in [-0.3, -0.25) is 9.59 Å². The topological polar surface area (TPSA) is 71.3 Å². The molecule has 1 atom stereocenters. The third-order valence-electron chi connectivity index (χ3n) is 4.47. The molecule has 2 N–H and O–H groups in total. The molecule has 1 unspecified atom stereocenters. The number of benzene rings is 3. The molecule has 0 radical (unpaired) electrons. The van der Waals surface area contributed by atoms with E-state index < -0.39 is 5.25 Å². The smallest absolute Gasteiger partial charge is 0.291 e. The van der Waals surface area contributed by atoms with Gasteiger partial charge in [-0.2, -0.15) is 0 Å². The Morgan fingerprint density at radius 2 is 1.45 bits per heavy atom. The highest BCUT2D eigenvalue weighted by Gasteiger charge is 2.22. The molecular weight excluding hydrogens is 408 g/mol. The number of thioether (sulfide) groups is 1. The van der Waals surface area contributed by atoms with Crippen LogP contribution in [0.3, 0.4) is 0 Å². The quantitative estimate of drug-likeness (QED) is 0.354. The summed E-state index contributed by atoms with van der Waals surface area (Å²) in [4.78, 5) is 26.2. The molecule has 4 aromatic rings. The van der Waals surface area contributed by atoms with Gasteiger partial charge in [-0.05, 0) is 48.0 Å². The number of carbonyl (C=O) groups excluding carboxylic acids is 2. The molecule has 1 aromatic heterocycles. The van der Waals surface area contributed by atoms with Gasteiger partial charge in [0.25, 0.3) is 5.91 Å². The predicted molar refractivity (Wildman–Crippen MR) is 123 cm³/mol. The van der Waals surface area contributed by atoms with Crippen molar-refractivity contribution >= 4 is 35.0 Å². The van der Waals surface area contributed by atoms with Gasteiger partial charge in [-0.25, -0.2) is 0 Å². The Kier molecular flexibility index (Phi) is 6.50. The van der Waals surface area contributed by atoms with Crippen LogP contribution >= 0.6 is 11.8 Å². The van der Waals surface area contributed by atoms with Crippen LogP contribution in [0.2, 0.25) is 0 Å². The van der Waals surface area contributed by atoms with Gasteiger partial charge in [-0.1, -0.05) is 54.6 Å². The van der Waals surface area contributed by atoms with Crippen molar-refractivity contribution < 1.29 is 14.0 Å². The first-order valence-electron chi connectivity index (χ1n) is 9.71. The van der Waals surface area contributed by atoms with Crippen LogP contribution in [0.15, 0.2) is 113 Å². The van der Waals surface area contributed by atoms with Crippen LogP contribution in [0, 0.1) is 0 Å². The average Bonchev–Trinajstić information content (AvgIpc) is 3.34. The van der Waals surface area contributed by atoms with Crippen molar-refractivity contribution in [3.05, 3.63) is 115 Å². The molecule has 0 bridgehead atoms. The molecule has 154 valence electrons. The summed E-state index contributed by atoms with van der Waals surface area (Å²) in [6.07, 6.45) is 1.46. The van der Waals surface area contributed by atoms with Crippen molar-refractivity contribution in [2.75, 3.05) is 10.6 Å². The molecule has 0 saturated carbocycles. The fraction of sp³-hybridized carbons (Fsp3) is 0.0400. The zero-order valence-corrected chi connectivity index (χ0v) is 17.3. The van der Waals surface area contributed by atoms with Gasteiger partial charge < -0.3 is 15.1 Å². The van der Waals surface area contributed by atoms with Crippen molar-refractivity contribution in [1.82, 2.24) is 0 Å². The highest BCUT2D eigenvalue weighted by Crippen LogP contribution is 2.37. The van der Waals surface area contributed by atoms with E-state index in [-0.39, 0.29) is 17.6 Å². The molecule has 0 saturated heterocycles. The first-order valence-corrected chi connectivity index (χ1v) is 10.6. The normalized spacial score (nSPS) is 11.5. The van der Waals surface area contributed by atoms with Crippen LogP contribution < -0.4 is 10.6 Å². The third kappa shape index (κ3) is 5.43. The minimum absolute atomic E-state index is 0.118. The van der Waals surface area contributed by atoms with Gasteiger partial charge in [0.2, 0.25) is 5.91 Å². The van der Waals surface area contributed by atoms with E-state index in [4.69, 9.17) is 4.42 Å². The Balaban J connectivity index is 1.54. The van der Waals surface area contributed by atoms with Crippen LogP contribution in [0.5, 0.6) is 0 Å². The lowest BCUT2D eigenvalue weighted by atomic mass is 10.1. The number of hydrogen-bond acceptors (Lipinski definition) is 4. The zero-order chi connectivity index (χ0) is 21.5. The van der Waals surface area contributed by atoms with E-state index in [0.29, 0.717) is 5.69 Å². The maximum Gasteiger partial charge on any atom is 0.291 e. The van der Waals surface area contributed by atoms with Crippen molar-refractivity contribution in [1.29, 1.82) is 0 Å². The van der Waals surface area contributed by atoms with Gasteiger partial charge >= 0.3 is 0 Å². The molecule has 0 spiro atoms. The largest absolute Gasteiger partial charge is 0.459 e. The zero-order valence-electron chi connectivity index (χ0n) is 16.5. The summed E-state index contributed by atoms with van der Waals surface area (Å²) in [7, 11) is 0. The average molecular weight is 429 g/mol. The Labute approximate surface area is 184 Å². The minimum atomic E-state index is -0.461. The Hall–Kier alpha value is -3.77. The van der Waals surface area contributed by atoms with E-state index in [0.717, 1.165) is 16.1 Å². The molecule has 6 heteroatoms. The molecule has 5 nitrogen and oxygen atoms in total. The molecule has 31 heavy (non-hydrogen) atoms. The molecule has 4 rings (SSSR count). The van der Waals surface area contributed by atoms with E-state index in [1.165, 1.54) is 18.0 Å². The summed E-state index contributed by atoms with van der Waals surface area (Å²) < 4.78 is 5.14. The van der Waals surface area contributed by atoms with Crippen LogP contribution in [-0.4, -0.2) is 11.8 Å². The molecule has 0 fully saturated rings. The lowest BCUT2D eigenvalue weighted by molar-refractivity contribution is -0.115. The summed E-state index contributed by atoms with van der Waals surface area (Å²) in [6, 6.07) is 29.7. The van der Waals surface area contributed by atoms with Crippen LogP contribution in [0.1, 0.15) is 21.4 Å². The van der Waals surface area contributed by atoms with Crippen LogP contribution in [-0.2, 0) is 4.79 Å². The standard InChI is InChI=1S/C25H20N2O3S/c28-24(22-15-8-16-30-22)27-20-13-7-14-21(17-20)31-23(18-9-3-1-4-10-18)25(29)26-19-11-5-2-6-12-19/h1-17,23H,(H,26,29)(H,27,28). The second kappa shape index (κ2) is 9.82. The summed E-state index contributed by atoms with van der Waals surface area (Å²) >= 11 is 1.42. The van der Waals surface area contributed by atoms with Gasteiger partial charge in [0, 0.05) is 16.3 Å². The second-order valence-electron chi connectivity index (χ2n) is 6.72. The molecule has 1 heterocycles. The van der Waals surface area contributed by atoms with Gasteiger partial charge in [0.05, 0.1) is 6.26 Å². The Morgan fingerprint density at radius 1 is 0.742 bits per heavy atom. The fourth-order valence-electron chi connectivity index (χ4n) is 3.01. The summed E-state index contributed by atoms with van der Waals surface area (Å²) in [5.74, 6) is -0.205. The monoisotopic (exact) mass is 428 g/mol. The summed E-state index contributed by atoms with van der Waals surface area (Å²) in [5, 5.41) is 5.34. The predicted octanol–water partition coefficient (Wildman–Crippen LogP) is 6.00. The number of nitrogens with one attached hydrogen (secondary N) is 2. The van der Waals surface area contributed by atoms with E-state index >= 15 is 0 Å². The fourth-order valence-corrected chi connectivity index (χ4v) is 4.10. The molecule has 2 amide bonds. The number of amides is 2. The summed E-state index contributed by atoms with van der Waals surface area (Å²) in [5.41, 5.74) is 2.26. The van der Waals surface area contributed by atoms with Crippen LogP contribution in [0.4, 0.5) is 11.4 Å². The molecule has 0 aliphatic heterocycles. The molecule has 0 aliphatic rings. The van der Waals surface area contributed by atoms with E-state index in [2.05, 4.69) is 10.6 Å². The van der Waals surface area contributed by atoms with Crippen molar-refractivity contribution in [2.24, 2.45) is 0 Å². The van der Waals surface area contributed by atoms with Gasteiger partial charge in [-0.15, -0.1) is 11.8 Å². The molecular formula is C25H20N2O3S. The number of hydrogen-bond donors (Lipinski definition) is 2. The highest BCUT2D eigenvalue weighted by molar-refractivity contribution is 8.00. The van der Waals surface area contributed by atoms with E-state index in [1.54, 1.807) is 18.2 Å². The van der Waals surface area contributed by atoms with Gasteiger partial charge in [0.15, 0.2) is 5.76 Å². The third-order valence-corrected chi connectivity index (χ3v) is 5.72. The first-order chi connectivity index (χ1) is 15.2. The number of carbonyl (C=O) groups is 2. The first kappa shape index (κ1) is 20.5. The maximum atomic E-state index is 13.1. The lowest BCUT2D eigenvalue weighted by Gasteiger charge is -2.17. The van der Waals surface area contributed by atoms with Crippen LogP contribution in [0.25, 0.3) is 0 Å². The Bertz CT molecular complexity index is 1150.